The van der Waals surface area contributed by atoms with Gasteiger partial charge in [0.25, 0.3) is 5.56 Å². The van der Waals surface area contributed by atoms with Crippen LogP contribution in [0.4, 0.5) is 5.69 Å². The van der Waals surface area contributed by atoms with Crippen LogP contribution < -0.4 is 16.6 Å². The van der Waals surface area contributed by atoms with Gasteiger partial charge in [-0.2, -0.15) is 0 Å². The predicted molar refractivity (Wildman–Crippen MR) is 82.7 cm³/mol. The van der Waals surface area contributed by atoms with E-state index >= 15 is 0 Å². The summed E-state index contributed by atoms with van der Waals surface area (Å²) < 4.78 is 0. The minimum Gasteiger partial charge on any atom is -0.385 e. The van der Waals surface area contributed by atoms with Gasteiger partial charge < -0.3 is 11.1 Å². The van der Waals surface area contributed by atoms with Crippen LogP contribution in [0.15, 0.2) is 35.1 Å². The molecule has 1 aromatic carbocycles. The molecule has 1 aromatic heterocycles. The summed E-state index contributed by atoms with van der Waals surface area (Å²) in [7, 11) is 0. The molecule has 2 aromatic rings. The van der Waals surface area contributed by atoms with Crippen molar-refractivity contribution in [2.75, 3.05) is 18.4 Å². The van der Waals surface area contributed by atoms with Crippen molar-refractivity contribution in [1.29, 1.82) is 0 Å². The zero-order valence-corrected chi connectivity index (χ0v) is 11.9. The lowest BCUT2D eigenvalue weighted by Crippen LogP contribution is -2.27. The van der Waals surface area contributed by atoms with Crippen LogP contribution in [0.1, 0.15) is 13.8 Å². The Hall–Kier alpha value is -2.01. The van der Waals surface area contributed by atoms with Gasteiger partial charge in [-0.3, -0.25) is 15.0 Å². The van der Waals surface area contributed by atoms with E-state index in [0.717, 1.165) is 23.5 Å². The molecule has 2 rings (SSSR count). The topological polar surface area (TPSA) is 86.7 Å². The molecular weight excluding hydrogens is 252 g/mol. The first kappa shape index (κ1) is 14.4. The molecule has 1 unspecified atom stereocenters. The summed E-state index contributed by atoms with van der Waals surface area (Å²) in [6, 6.07) is 9.53. The summed E-state index contributed by atoms with van der Waals surface area (Å²) in [5.74, 6) is 1.03. The zero-order valence-electron chi connectivity index (χ0n) is 11.9. The first-order valence-electron chi connectivity index (χ1n) is 6.92. The van der Waals surface area contributed by atoms with Gasteiger partial charge in [-0.05, 0) is 36.1 Å². The van der Waals surface area contributed by atoms with Crippen LogP contribution in [0.5, 0.6) is 0 Å². The highest BCUT2D eigenvalue weighted by molar-refractivity contribution is 5.62. The number of nitrogens with one attached hydrogen (secondary N) is 3. The molecular formula is C15H22N4O. The Bertz CT molecular complexity index is 582. The molecule has 20 heavy (non-hydrogen) atoms. The highest BCUT2D eigenvalue weighted by Gasteiger charge is 2.10. The average Bonchev–Trinajstić information content (AvgIpc) is 2.86. The largest absolute Gasteiger partial charge is 0.385 e. The third kappa shape index (κ3) is 3.51. The fourth-order valence-electron chi connectivity index (χ4n) is 2.10. The van der Waals surface area contributed by atoms with E-state index in [4.69, 9.17) is 5.73 Å². The van der Waals surface area contributed by atoms with Crippen LogP contribution in [0.3, 0.4) is 0 Å². The van der Waals surface area contributed by atoms with Crippen molar-refractivity contribution in [2.24, 2.45) is 17.6 Å². The molecule has 0 spiro atoms. The second-order valence-electron chi connectivity index (χ2n) is 5.37. The number of aromatic nitrogens is 2. The van der Waals surface area contributed by atoms with E-state index in [0.29, 0.717) is 18.4 Å². The van der Waals surface area contributed by atoms with Gasteiger partial charge in [-0.15, -0.1) is 0 Å². The molecule has 108 valence electrons. The third-order valence-corrected chi connectivity index (χ3v) is 3.61. The average molecular weight is 274 g/mol. The van der Waals surface area contributed by atoms with Crippen molar-refractivity contribution < 1.29 is 0 Å². The molecule has 5 heteroatoms. The summed E-state index contributed by atoms with van der Waals surface area (Å²) in [5.41, 5.74) is 8.48. The van der Waals surface area contributed by atoms with Crippen LogP contribution in [-0.4, -0.2) is 23.3 Å². The number of benzene rings is 1. The van der Waals surface area contributed by atoms with Gasteiger partial charge in [0.05, 0.1) is 5.69 Å². The van der Waals surface area contributed by atoms with Crippen LogP contribution in [0.25, 0.3) is 11.3 Å². The number of rotatable bonds is 6. The van der Waals surface area contributed by atoms with E-state index < -0.39 is 0 Å². The molecule has 0 aliphatic carbocycles. The number of aromatic amines is 2. The van der Waals surface area contributed by atoms with Crippen molar-refractivity contribution in [2.45, 2.75) is 13.8 Å². The molecule has 0 aliphatic rings. The maximum Gasteiger partial charge on any atom is 0.264 e. The predicted octanol–water partition coefficient (Wildman–Crippen LogP) is 2.01. The molecule has 1 atom stereocenters. The lowest BCUT2D eigenvalue weighted by Gasteiger charge is -2.20. The van der Waals surface area contributed by atoms with E-state index in [-0.39, 0.29) is 5.56 Å². The molecule has 0 amide bonds. The molecule has 0 saturated carbocycles. The van der Waals surface area contributed by atoms with E-state index in [9.17, 15) is 4.79 Å². The van der Waals surface area contributed by atoms with Crippen LogP contribution in [0, 0.1) is 11.8 Å². The quantitative estimate of drug-likeness (QED) is 0.650. The molecule has 0 radical (unpaired) electrons. The van der Waals surface area contributed by atoms with Gasteiger partial charge >= 0.3 is 0 Å². The van der Waals surface area contributed by atoms with Crippen molar-refractivity contribution in [3.63, 3.8) is 0 Å². The summed E-state index contributed by atoms with van der Waals surface area (Å²) >= 11 is 0. The Balaban J connectivity index is 2.00. The molecule has 0 fully saturated rings. The van der Waals surface area contributed by atoms with Crippen molar-refractivity contribution in [1.82, 2.24) is 10.2 Å². The standard InChI is InChI=1S/C15H22N4O/c1-10(2)12(8-16)9-17-13-5-3-11(4-6-13)14-7-15(20)19-18-14/h3-7,10,12,17H,8-9,16H2,1-2H3,(H2,18,19,20). The normalized spacial score (nSPS) is 12.6. The van der Waals surface area contributed by atoms with Gasteiger partial charge in [-0.25, -0.2) is 0 Å². The molecule has 5 nitrogen and oxygen atoms in total. The van der Waals surface area contributed by atoms with Crippen molar-refractivity contribution in [3.05, 3.63) is 40.7 Å². The zero-order chi connectivity index (χ0) is 14.5. The summed E-state index contributed by atoms with van der Waals surface area (Å²) in [6.45, 7) is 5.93. The van der Waals surface area contributed by atoms with Crippen LogP contribution in [-0.2, 0) is 0 Å². The minimum atomic E-state index is -0.120. The lowest BCUT2D eigenvalue weighted by atomic mass is 9.96. The number of anilines is 1. The van der Waals surface area contributed by atoms with Gasteiger partial charge in [0.1, 0.15) is 0 Å². The summed E-state index contributed by atoms with van der Waals surface area (Å²) in [4.78, 5) is 11.1. The highest BCUT2D eigenvalue weighted by atomic mass is 16.1. The maximum absolute atomic E-state index is 11.1. The number of hydrogen-bond donors (Lipinski definition) is 4. The number of hydrogen-bond acceptors (Lipinski definition) is 3. The SMILES string of the molecule is CC(C)C(CN)CNc1ccc(-c2cc(=O)[nH][nH]2)cc1. The van der Waals surface area contributed by atoms with Gasteiger partial charge in [-0.1, -0.05) is 26.0 Å². The Kier molecular flexibility index (Phi) is 4.63. The number of H-pyrrole nitrogens is 2. The molecule has 0 saturated heterocycles. The van der Waals surface area contributed by atoms with Crippen LogP contribution in [0.2, 0.25) is 0 Å². The van der Waals surface area contributed by atoms with Gasteiger partial charge in [0, 0.05) is 18.3 Å². The van der Waals surface area contributed by atoms with Crippen molar-refractivity contribution >= 4 is 5.69 Å². The lowest BCUT2D eigenvalue weighted by molar-refractivity contribution is 0.413. The Labute approximate surface area is 118 Å². The third-order valence-electron chi connectivity index (χ3n) is 3.61. The highest BCUT2D eigenvalue weighted by Crippen LogP contribution is 2.19. The fraction of sp³-hybridized carbons (Fsp3) is 0.400. The fourth-order valence-corrected chi connectivity index (χ4v) is 2.10. The molecule has 0 bridgehead atoms. The van der Waals surface area contributed by atoms with E-state index in [1.54, 1.807) is 6.07 Å². The van der Waals surface area contributed by atoms with E-state index in [1.807, 2.05) is 24.3 Å². The van der Waals surface area contributed by atoms with E-state index in [1.165, 1.54) is 0 Å². The van der Waals surface area contributed by atoms with Gasteiger partial charge in [0.2, 0.25) is 0 Å². The molecule has 1 heterocycles. The molecule has 0 aliphatic heterocycles. The Morgan fingerprint density at radius 1 is 1.20 bits per heavy atom. The Morgan fingerprint density at radius 3 is 2.40 bits per heavy atom. The smallest absolute Gasteiger partial charge is 0.264 e. The monoisotopic (exact) mass is 274 g/mol. The first-order valence-corrected chi connectivity index (χ1v) is 6.92. The van der Waals surface area contributed by atoms with Crippen LogP contribution >= 0.6 is 0 Å². The second kappa shape index (κ2) is 6.43. The first-order chi connectivity index (χ1) is 9.60. The van der Waals surface area contributed by atoms with E-state index in [2.05, 4.69) is 29.4 Å². The maximum atomic E-state index is 11.1. The summed E-state index contributed by atoms with van der Waals surface area (Å²) in [5, 5.41) is 8.77. The Morgan fingerprint density at radius 2 is 1.90 bits per heavy atom. The second-order valence-corrected chi connectivity index (χ2v) is 5.37. The van der Waals surface area contributed by atoms with Crippen molar-refractivity contribution in [3.8, 4) is 11.3 Å². The molecule has 5 N–H and O–H groups in total. The minimum absolute atomic E-state index is 0.120. The summed E-state index contributed by atoms with van der Waals surface area (Å²) in [6.07, 6.45) is 0. The van der Waals surface area contributed by atoms with Gasteiger partial charge in [0.15, 0.2) is 0 Å². The number of nitrogens with two attached hydrogens (primary N) is 1.